The van der Waals surface area contributed by atoms with Crippen LogP contribution in [0.15, 0.2) is 77.2 Å². The largest absolute Gasteiger partial charge is 0.456 e. The first-order valence-corrected chi connectivity index (χ1v) is 12.6. The Hall–Kier alpha value is -3.19. The lowest BCUT2D eigenvalue weighted by Crippen LogP contribution is -2.49. The molecule has 6 rings (SSSR count). The molecule has 174 valence electrons. The summed E-state index contributed by atoms with van der Waals surface area (Å²) in [6, 6.07) is 25.0. The summed E-state index contributed by atoms with van der Waals surface area (Å²) in [6.07, 6.45) is 0. The Morgan fingerprint density at radius 1 is 0.886 bits per heavy atom. The molecule has 2 heterocycles. The first-order chi connectivity index (χ1) is 16.7. The topological polar surface area (TPSA) is 55.5 Å². The first-order valence-electron chi connectivity index (χ1n) is 11.8. The highest BCUT2D eigenvalue weighted by molar-refractivity contribution is 7.23. The number of thiazole rings is 1. The van der Waals surface area contributed by atoms with Gasteiger partial charge in [-0.1, -0.05) is 54.6 Å². The Morgan fingerprint density at radius 2 is 1.63 bits per heavy atom. The number of aromatic nitrogens is 1. The van der Waals surface area contributed by atoms with E-state index in [0.717, 1.165) is 48.2 Å². The van der Waals surface area contributed by atoms with Gasteiger partial charge in [0.05, 0.1) is 21.4 Å². The Balaban J connectivity index is 1.55. The molecule has 0 unspecified atom stereocenters. The van der Waals surface area contributed by atoms with Crippen molar-refractivity contribution in [3.63, 3.8) is 0 Å². The lowest BCUT2D eigenvalue weighted by atomic mass is 9.81. The van der Waals surface area contributed by atoms with Crippen molar-refractivity contribution < 1.29 is 14.2 Å². The minimum absolute atomic E-state index is 0.310. The number of benzene rings is 4. The zero-order valence-corrected chi connectivity index (χ0v) is 21.1. The Morgan fingerprint density at radius 3 is 2.43 bits per heavy atom. The Bertz CT molecular complexity index is 1730. The van der Waals surface area contributed by atoms with E-state index in [2.05, 4.69) is 54.6 Å². The van der Waals surface area contributed by atoms with E-state index in [-0.39, 0.29) is 0 Å². The molecule has 6 aromatic rings. The third-order valence-electron chi connectivity index (χ3n) is 7.16. The summed E-state index contributed by atoms with van der Waals surface area (Å²) in [5.41, 5.74) is 2.90. The average Bonchev–Trinajstić information content (AvgIpc) is 3.42. The zero-order valence-electron chi connectivity index (χ0n) is 20.3. The molecule has 1 N–H and O–H groups in total. The summed E-state index contributed by atoms with van der Waals surface area (Å²) in [7, 11) is 0.310. The average molecular weight is 479 g/mol. The molecule has 0 bridgehead atoms. The number of furan rings is 1. The fourth-order valence-corrected chi connectivity index (χ4v) is 5.39. The minimum atomic E-state index is -1.00. The van der Waals surface area contributed by atoms with Crippen LogP contribution in [0.4, 0.5) is 0 Å². The quantitative estimate of drug-likeness (QED) is 0.285. The van der Waals surface area contributed by atoms with Gasteiger partial charge >= 0.3 is 7.48 Å². The number of para-hydroxylation sites is 1. The fraction of sp³-hybridized carbons (Fsp3) is 0.207. The second-order valence-electron chi connectivity index (χ2n) is 10.1. The molecule has 6 heteroatoms. The van der Waals surface area contributed by atoms with Crippen LogP contribution < -0.4 is 5.46 Å². The van der Waals surface area contributed by atoms with Crippen molar-refractivity contribution in [2.24, 2.45) is 0 Å². The van der Waals surface area contributed by atoms with Crippen LogP contribution in [0.3, 0.4) is 0 Å². The van der Waals surface area contributed by atoms with Gasteiger partial charge in [0.25, 0.3) is 0 Å². The SMILES string of the molecule is CC(C)(O)C(C)(C)OBc1c2oc3ccccc3c2cc2nc(-c3ccc4ccccc4c3)sc12. The van der Waals surface area contributed by atoms with Crippen molar-refractivity contribution in [3.05, 3.63) is 72.8 Å². The predicted molar refractivity (Wildman–Crippen MR) is 148 cm³/mol. The van der Waals surface area contributed by atoms with Gasteiger partial charge in [0.2, 0.25) is 0 Å². The van der Waals surface area contributed by atoms with Crippen LogP contribution in [0.2, 0.25) is 0 Å². The summed E-state index contributed by atoms with van der Waals surface area (Å²) in [5.74, 6) is 0. The van der Waals surface area contributed by atoms with Crippen LogP contribution in [-0.4, -0.2) is 28.8 Å². The molecule has 0 spiro atoms. The smallest absolute Gasteiger partial charge is 0.314 e. The second kappa shape index (κ2) is 7.92. The standard InChI is InChI=1S/C29H26BNO3S/c1-28(2,32)29(3,4)34-30-24-25-21(20-11-7-8-12-23(20)33-25)16-22-26(24)35-27(31-22)19-14-13-17-9-5-6-10-18(17)15-19/h5-16,30,32H,1-4H3. The van der Waals surface area contributed by atoms with E-state index >= 15 is 0 Å². The van der Waals surface area contributed by atoms with Crippen molar-refractivity contribution in [2.75, 3.05) is 0 Å². The second-order valence-corrected chi connectivity index (χ2v) is 11.1. The molecule has 4 nitrogen and oxygen atoms in total. The van der Waals surface area contributed by atoms with Crippen LogP contribution in [0.25, 0.3) is 53.5 Å². The van der Waals surface area contributed by atoms with E-state index in [1.165, 1.54) is 10.8 Å². The Labute approximate surface area is 208 Å². The molecule has 0 aliphatic carbocycles. The predicted octanol–water partition coefficient (Wildman–Crippen LogP) is 6.56. The molecule has 0 atom stereocenters. The molecule has 0 saturated heterocycles. The van der Waals surface area contributed by atoms with Crippen LogP contribution in [0.1, 0.15) is 27.7 Å². The van der Waals surface area contributed by atoms with Crippen molar-refractivity contribution in [1.82, 2.24) is 4.98 Å². The normalized spacial score (nSPS) is 12.8. The molecular formula is C29H26BNO3S. The lowest BCUT2D eigenvalue weighted by molar-refractivity contribution is -0.0892. The Kier molecular flexibility index (Phi) is 5.04. The lowest BCUT2D eigenvalue weighted by Gasteiger charge is -2.37. The maximum Gasteiger partial charge on any atom is 0.314 e. The van der Waals surface area contributed by atoms with Gasteiger partial charge in [0.1, 0.15) is 16.2 Å². The minimum Gasteiger partial charge on any atom is -0.456 e. The molecule has 0 saturated carbocycles. The van der Waals surface area contributed by atoms with E-state index in [0.29, 0.717) is 7.48 Å². The molecule has 35 heavy (non-hydrogen) atoms. The molecule has 4 aromatic carbocycles. The molecule has 0 aliphatic heterocycles. The number of fused-ring (bicyclic) bond motifs is 5. The monoisotopic (exact) mass is 479 g/mol. The summed E-state index contributed by atoms with van der Waals surface area (Å²) < 4.78 is 13.7. The van der Waals surface area contributed by atoms with Crippen molar-refractivity contribution in [1.29, 1.82) is 0 Å². The third kappa shape index (κ3) is 3.73. The maximum atomic E-state index is 10.6. The third-order valence-corrected chi connectivity index (χ3v) is 8.34. The maximum absolute atomic E-state index is 10.6. The molecule has 0 aliphatic rings. The highest BCUT2D eigenvalue weighted by Gasteiger charge is 2.36. The van der Waals surface area contributed by atoms with Gasteiger partial charge in [-0.2, -0.15) is 0 Å². The number of hydrogen-bond donors (Lipinski definition) is 1. The molecule has 0 amide bonds. The van der Waals surface area contributed by atoms with E-state index < -0.39 is 11.2 Å². The van der Waals surface area contributed by atoms with Crippen molar-refractivity contribution in [3.8, 4) is 10.6 Å². The van der Waals surface area contributed by atoms with E-state index in [1.807, 2.05) is 32.0 Å². The molecule has 0 radical (unpaired) electrons. The fourth-order valence-electron chi connectivity index (χ4n) is 4.32. The summed E-state index contributed by atoms with van der Waals surface area (Å²) >= 11 is 1.65. The summed E-state index contributed by atoms with van der Waals surface area (Å²) in [5, 5.41) is 16.1. The van der Waals surface area contributed by atoms with Gasteiger partial charge in [-0.05, 0) is 56.7 Å². The van der Waals surface area contributed by atoms with E-state index in [4.69, 9.17) is 14.1 Å². The highest BCUT2D eigenvalue weighted by atomic mass is 32.1. The molecular weight excluding hydrogens is 453 g/mol. The highest BCUT2D eigenvalue weighted by Crippen LogP contribution is 2.36. The van der Waals surface area contributed by atoms with Gasteiger partial charge in [-0.3, -0.25) is 0 Å². The van der Waals surface area contributed by atoms with E-state index in [9.17, 15) is 5.11 Å². The number of rotatable bonds is 5. The van der Waals surface area contributed by atoms with Crippen molar-refractivity contribution >= 4 is 67.2 Å². The number of aliphatic hydroxyl groups is 1. The summed E-state index contributed by atoms with van der Waals surface area (Å²) in [6.45, 7) is 7.37. The summed E-state index contributed by atoms with van der Waals surface area (Å²) in [4.78, 5) is 5.05. The van der Waals surface area contributed by atoms with Crippen LogP contribution in [-0.2, 0) is 4.65 Å². The van der Waals surface area contributed by atoms with Crippen LogP contribution in [0, 0.1) is 0 Å². The van der Waals surface area contributed by atoms with Gasteiger partial charge in [-0.15, -0.1) is 11.3 Å². The first kappa shape index (κ1) is 22.3. The van der Waals surface area contributed by atoms with Gasteiger partial charge in [0.15, 0.2) is 0 Å². The molecule has 2 aromatic heterocycles. The van der Waals surface area contributed by atoms with E-state index in [1.54, 1.807) is 25.2 Å². The molecule has 0 fully saturated rings. The zero-order chi connectivity index (χ0) is 24.4. The van der Waals surface area contributed by atoms with Gasteiger partial charge in [0, 0.05) is 21.8 Å². The number of hydrogen-bond acceptors (Lipinski definition) is 5. The van der Waals surface area contributed by atoms with Crippen molar-refractivity contribution in [2.45, 2.75) is 38.9 Å². The van der Waals surface area contributed by atoms with Gasteiger partial charge < -0.3 is 14.2 Å². The van der Waals surface area contributed by atoms with Gasteiger partial charge in [-0.25, -0.2) is 4.98 Å². The number of nitrogens with zero attached hydrogens (tertiary/aromatic N) is 1. The van der Waals surface area contributed by atoms with Crippen LogP contribution >= 0.6 is 11.3 Å². The van der Waals surface area contributed by atoms with Crippen LogP contribution in [0.5, 0.6) is 0 Å².